The Bertz CT molecular complexity index is 778. The monoisotopic (exact) mass is 430 g/mol. The Balaban J connectivity index is 1.50. The highest BCUT2D eigenvalue weighted by molar-refractivity contribution is 6.06. The number of ether oxygens (including phenoxy) is 1. The molecule has 2 aliphatic rings. The van der Waals surface area contributed by atoms with Gasteiger partial charge in [-0.3, -0.25) is 4.99 Å². The van der Waals surface area contributed by atoms with Gasteiger partial charge in [-0.1, -0.05) is 6.92 Å². The molecule has 1 atom stereocenters. The minimum absolute atomic E-state index is 0.228. The maximum Gasteiger partial charge on any atom is 0.134 e. The van der Waals surface area contributed by atoms with Crippen molar-refractivity contribution in [3.63, 3.8) is 0 Å². The Kier molecular flexibility index (Phi) is 8.61. The largest absolute Gasteiger partial charge is 0.375 e. The molecule has 0 bridgehead atoms. The predicted octanol–water partition coefficient (Wildman–Crippen LogP) is 4.93. The minimum Gasteiger partial charge on any atom is -0.375 e. The number of likely N-dealkylation sites (tertiary alicyclic amines) is 1. The van der Waals surface area contributed by atoms with Gasteiger partial charge in [-0.25, -0.2) is 9.38 Å². The molecule has 0 saturated carbocycles. The fraction of sp³-hybridized carbons (Fsp3) is 0.680. The molecule has 0 amide bonds. The molecule has 3 rings (SSSR count). The SMILES string of the molecule is CCC(C)N1CCC(OC2CCN(c3ccc(C(C)=NC(C)=NC)c(F)c3)CC2)CC1. The molecule has 2 fully saturated rings. The van der Waals surface area contributed by atoms with Crippen LogP contribution in [0.25, 0.3) is 0 Å². The average molecular weight is 431 g/mol. The number of piperidine rings is 2. The van der Waals surface area contributed by atoms with Crippen molar-refractivity contribution in [2.75, 3.05) is 38.1 Å². The highest BCUT2D eigenvalue weighted by Gasteiger charge is 2.27. The third-order valence-electron chi connectivity index (χ3n) is 6.88. The number of amidine groups is 1. The summed E-state index contributed by atoms with van der Waals surface area (Å²) in [5, 5.41) is 0. The van der Waals surface area contributed by atoms with E-state index in [4.69, 9.17) is 4.74 Å². The van der Waals surface area contributed by atoms with Crippen molar-refractivity contribution in [1.82, 2.24) is 4.90 Å². The fourth-order valence-electron chi connectivity index (χ4n) is 4.58. The van der Waals surface area contributed by atoms with Gasteiger partial charge in [-0.05, 0) is 71.1 Å². The summed E-state index contributed by atoms with van der Waals surface area (Å²) in [4.78, 5) is 13.2. The smallest absolute Gasteiger partial charge is 0.134 e. The number of rotatable bonds is 6. The third-order valence-corrected chi connectivity index (χ3v) is 6.88. The predicted molar refractivity (Wildman–Crippen MR) is 128 cm³/mol. The average Bonchev–Trinajstić information content (AvgIpc) is 2.79. The van der Waals surface area contributed by atoms with Crippen LogP contribution in [0.3, 0.4) is 0 Å². The summed E-state index contributed by atoms with van der Waals surface area (Å²) >= 11 is 0. The molecular formula is C25H39FN4O. The lowest BCUT2D eigenvalue weighted by atomic mass is 10.0. The number of nitrogens with zero attached hydrogens (tertiary/aromatic N) is 4. The van der Waals surface area contributed by atoms with Crippen LogP contribution < -0.4 is 4.90 Å². The Morgan fingerprint density at radius 1 is 1.10 bits per heavy atom. The molecule has 2 saturated heterocycles. The second-order valence-corrected chi connectivity index (χ2v) is 8.95. The van der Waals surface area contributed by atoms with Gasteiger partial charge in [0.1, 0.15) is 11.7 Å². The van der Waals surface area contributed by atoms with E-state index in [0.29, 0.717) is 35.4 Å². The molecule has 1 unspecified atom stereocenters. The normalized spacial score (nSPS) is 21.5. The fourth-order valence-corrected chi connectivity index (χ4v) is 4.58. The van der Waals surface area contributed by atoms with Crippen LogP contribution in [0.5, 0.6) is 0 Å². The number of anilines is 1. The molecule has 1 aromatic rings. The summed E-state index contributed by atoms with van der Waals surface area (Å²) in [5.74, 6) is 0.419. The first-order valence-electron chi connectivity index (χ1n) is 11.8. The summed E-state index contributed by atoms with van der Waals surface area (Å²) in [7, 11) is 1.69. The van der Waals surface area contributed by atoms with Crippen LogP contribution in [0.4, 0.5) is 10.1 Å². The highest BCUT2D eigenvalue weighted by atomic mass is 19.1. The van der Waals surface area contributed by atoms with E-state index in [1.54, 1.807) is 13.1 Å². The lowest BCUT2D eigenvalue weighted by molar-refractivity contribution is -0.0549. The van der Waals surface area contributed by atoms with Crippen LogP contribution >= 0.6 is 0 Å². The molecule has 5 nitrogen and oxygen atoms in total. The summed E-state index contributed by atoms with van der Waals surface area (Å²) < 4.78 is 21.2. The lowest BCUT2D eigenvalue weighted by Crippen LogP contribution is -2.44. The number of aliphatic imine (C=N–C) groups is 2. The highest BCUT2D eigenvalue weighted by Crippen LogP contribution is 2.26. The van der Waals surface area contributed by atoms with Gasteiger partial charge in [0.2, 0.25) is 0 Å². The molecule has 0 radical (unpaired) electrons. The molecule has 0 spiro atoms. The molecule has 2 heterocycles. The van der Waals surface area contributed by atoms with E-state index in [-0.39, 0.29) is 5.82 Å². The molecule has 0 N–H and O–H groups in total. The van der Waals surface area contributed by atoms with Gasteiger partial charge in [0.15, 0.2) is 0 Å². The van der Waals surface area contributed by atoms with Gasteiger partial charge in [-0.15, -0.1) is 0 Å². The van der Waals surface area contributed by atoms with Crippen molar-refractivity contribution >= 4 is 17.2 Å². The van der Waals surface area contributed by atoms with Gasteiger partial charge in [0, 0.05) is 56.2 Å². The summed E-state index contributed by atoms with van der Waals surface area (Å²) in [5.41, 5.74) is 2.13. The van der Waals surface area contributed by atoms with E-state index in [1.165, 1.54) is 6.42 Å². The first-order chi connectivity index (χ1) is 14.9. The molecule has 6 heteroatoms. The van der Waals surface area contributed by atoms with Gasteiger partial charge in [0.25, 0.3) is 0 Å². The van der Waals surface area contributed by atoms with E-state index in [2.05, 4.69) is 33.6 Å². The number of halogens is 1. The Labute approximate surface area is 187 Å². The Morgan fingerprint density at radius 2 is 1.71 bits per heavy atom. The first-order valence-corrected chi connectivity index (χ1v) is 11.8. The van der Waals surface area contributed by atoms with E-state index in [1.807, 2.05) is 26.0 Å². The zero-order valence-electron chi connectivity index (χ0n) is 19.9. The second-order valence-electron chi connectivity index (χ2n) is 8.95. The maximum atomic E-state index is 14.7. The molecule has 0 aliphatic carbocycles. The van der Waals surface area contributed by atoms with Crippen LogP contribution in [-0.2, 0) is 4.74 Å². The topological polar surface area (TPSA) is 40.4 Å². The molecule has 1 aromatic carbocycles. The van der Waals surface area contributed by atoms with Crippen LogP contribution in [0.15, 0.2) is 28.2 Å². The minimum atomic E-state index is -0.228. The van der Waals surface area contributed by atoms with Gasteiger partial charge in [-0.2, -0.15) is 0 Å². The van der Waals surface area contributed by atoms with Crippen molar-refractivity contribution in [3.05, 3.63) is 29.6 Å². The molecule has 2 aliphatic heterocycles. The van der Waals surface area contributed by atoms with Crippen molar-refractivity contribution in [2.45, 2.75) is 78.0 Å². The Hall–Kier alpha value is -1.79. The zero-order valence-corrected chi connectivity index (χ0v) is 19.9. The second kappa shape index (κ2) is 11.2. The van der Waals surface area contributed by atoms with Crippen LogP contribution in [-0.4, -0.2) is 67.9 Å². The van der Waals surface area contributed by atoms with Gasteiger partial charge < -0.3 is 14.5 Å². The van der Waals surface area contributed by atoms with Crippen LogP contribution in [0.1, 0.15) is 65.4 Å². The maximum absolute atomic E-state index is 14.7. The van der Waals surface area contributed by atoms with Gasteiger partial charge in [0.05, 0.1) is 12.2 Å². The summed E-state index contributed by atoms with van der Waals surface area (Å²) in [6, 6.07) is 6.15. The van der Waals surface area contributed by atoms with Crippen molar-refractivity contribution in [1.29, 1.82) is 0 Å². The lowest BCUT2D eigenvalue weighted by Gasteiger charge is -2.39. The molecular weight excluding hydrogens is 391 g/mol. The standard InChI is InChI=1S/C25H39FN4O/c1-6-18(2)29-13-9-22(10-14-29)31-23-11-15-30(16-12-23)21-7-8-24(25(26)17-21)19(3)28-20(4)27-5/h7-8,17-18,22-23H,6,9-16H2,1-5H3. The van der Waals surface area contributed by atoms with Gasteiger partial charge >= 0.3 is 0 Å². The molecule has 172 valence electrons. The van der Waals surface area contributed by atoms with E-state index in [0.717, 1.165) is 57.5 Å². The summed E-state index contributed by atoms with van der Waals surface area (Å²) in [6.07, 6.45) is 6.21. The van der Waals surface area contributed by atoms with Crippen molar-refractivity contribution < 1.29 is 9.13 Å². The quantitative estimate of drug-likeness (QED) is 0.475. The molecule has 31 heavy (non-hydrogen) atoms. The van der Waals surface area contributed by atoms with Crippen molar-refractivity contribution in [3.8, 4) is 0 Å². The molecule has 0 aromatic heterocycles. The van der Waals surface area contributed by atoms with E-state index >= 15 is 0 Å². The number of benzene rings is 1. The van der Waals surface area contributed by atoms with E-state index in [9.17, 15) is 4.39 Å². The van der Waals surface area contributed by atoms with Crippen LogP contribution in [0, 0.1) is 5.82 Å². The number of hydrogen-bond donors (Lipinski definition) is 0. The van der Waals surface area contributed by atoms with Crippen molar-refractivity contribution in [2.24, 2.45) is 9.98 Å². The Morgan fingerprint density at radius 3 is 2.26 bits per heavy atom. The summed E-state index contributed by atoms with van der Waals surface area (Å²) in [6.45, 7) is 12.3. The van der Waals surface area contributed by atoms with E-state index < -0.39 is 0 Å². The zero-order chi connectivity index (χ0) is 22.4. The first kappa shape index (κ1) is 23.9. The third kappa shape index (κ3) is 6.36. The van der Waals surface area contributed by atoms with Crippen LogP contribution in [0.2, 0.25) is 0 Å². The number of hydrogen-bond acceptors (Lipinski definition) is 4.